The van der Waals surface area contributed by atoms with Crippen LogP contribution in [0.25, 0.3) is 0 Å². The van der Waals surface area contributed by atoms with Gasteiger partial charge in [0, 0.05) is 5.02 Å². The highest BCUT2D eigenvalue weighted by Gasteiger charge is 2.10. The van der Waals surface area contributed by atoms with E-state index in [4.69, 9.17) is 21.1 Å². The van der Waals surface area contributed by atoms with Crippen molar-refractivity contribution < 1.29 is 19.1 Å². The number of hydrogen-bond acceptors (Lipinski definition) is 4. The van der Waals surface area contributed by atoms with E-state index in [-0.39, 0.29) is 13.2 Å². The van der Waals surface area contributed by atoms with Crippen LogP contribution in [0.2, 0.25) is 5.02 Å². The van der Waals surface area contributed by atoms with Crippen LogP contribution in [0.1, 0.15) is 25.3 Å². The van der Waals surface area contributed by atoms with Crippen LogP contribution in [-0.2, 0) is 9.59 Å². The summed E-state index contributed by atoms with van der Waals surface area (Å²) in [7, 11) is 0. The maximum atomic E-state index is 11.8. The average Bonchev–Trinajstić information content (AvgIpc) is 2.64. The molecule has 0 saturated heterocycles. The van der Waals surface area contributed by atoms with Crippen LogP contribution in [0.4, 0.5) is 0 Å². The second-order valence-corrected chi connectivity index (χ2v) is 8.24. The Hall–Kier alpha value is -1.77. The van der Waals surface area contributed by atoms with E-state index in [0.717, 1.165) is 10.0 Å². The summed E-state index contributed by atoms with van der Waals surface area (Å²) in [5.41, 5.74) is 5.69. The van der Waals surface area contributed by atoms with Crippen LogP contribution in [0.5, 0.6) is 11.5 Å². The molecular formula is C19H19Br2ClN2O4. The first-order chi connectivity index (χ1) is 13.3. The molecule has 0 spiro atoms. The van der Waals surface area contributed by atoms with Gasteiger partial charge in [-0.1, -0.05) is 31.5 Å². The fraction of sp³-hybridized carbons (Fsp3) is 0.263. The molecule has 0 bridgehead atoms. The van der Waals surface area contributed by atoms with Crippen molar-refractivity contribution in [3.63, 3.8) is 0 Å². The molecule has 0 unspecified atom stereocenters. The lowest BCUT2D eigenvalue weighted by atomic mass is 10.0. The molecule has 0 fully saturated rings. The zero-order valence-corrected chi connectivity index (χ0v) is 19.2. The molecule has 0 saturated carbocycles. The molecule has 9 heteroatoms. The molecule has 0 aromatic heterocycles. The van der Waals surface area contributed by atoms with Crippen LogP contribution < -0.4 is 20.3 Å². The Bertz CT molecular complexity index is 862. The summed E-state index contributed by atoms with van der Waals surface area (Å²) in [6, 6.07) is 10.6. The SMILES string of the molecule is CC(C)c1ccc(OCC(=O)NNC(=O)COc2ccc(Cl)cc2Br)c(Br)c1. The van der Waals surface area contributed by atoms with Crippen molar-refractivity contribution in [1.82, 2.24) is 10.9 Å². The summed E-state index contributed by atoms with van der Waals surface area (Å²) in [6.45, 7) is 3.66. The molecule has 2 aromatic rings. The minimum absolute atomic E-state index is 0.247. The number of amides is 2. The number of carbonyl (C=O) groups is 2. The van der Waals surface area contributed by atoms with Gasteiger partial charge < -0.3 is 9.47 Å². The van der Waals surface area contributed by atoms with Crippen LogP contribution in [-0.4, -0.2) is 25.0 Å². The van der Waals surface area contributed by atoms with Crippen LogP contribution >= 0.6 is 43.5 Å². The van der Waals surface area contributed by atoms with Crippen LogP contribution in [0, 0.1) is 0 Å². The Labute approximate surface area is 185 Å². The first-order valence-electron chi connectivity index (χ1n) is 8.34. The van der Waals surface area contributed by atoms with E-state index in [1.165, 1.54) is 0 Å². The van der Waals surface area contributed by atoms with Crippen molar-refractivity contribution in [2.75, 3.05) is 13.2 Å². The maximum absolute atomic E-state index is 11.8. The van der Waals surface area contributed by atoms with Gasteiger partial charge in [0.1, 0.15) is 11.5 Å². The zero-order valence-electron chi connectivity index (χ0n) is 15.2. The molecule has 0 atom stereocenters. The number of nitrogens with one attached hydrogen (secondary N) is 2. The van der Waals surface area contributed by atoms with Gasteiger partial charge >= 0.3 is 0 Å². The number of carbonyl (C=O) groups excluding carboxylic acids is 2. The zero-order chi connectivity index (χ0) is 20.7. The van der Waals surface area contributed by atoms with Gasteiger partial charge in [0.25, 0.3) is 11.8 Å². The Morgan fingerprint density at radius 2 is 1.43 bits per heavy atom. The molecule has 0 heterocycles. The van der Waals surface area contributed by atoms with E-state index >= 15 is 0 Å². The fourth-order valence-electron chi connectivity index (χ4n) is 2.08. The lowest BCUT2D eigenvalue weighted by Crippen LogP contribution is -2.45. The lowest BCUT2D eigenvalue weighted by molar-refractivity contribution is -0.131. The Balaban J connectivity index is 1.74. The number of ether oxygens (including phenoxy) is 2. The normalized spacial score (nSPS) is 10.5. The third-order valence-electron chi connectivity index (χ3n) is 3.58. The average molecular weight is 535 g/mol. The molecule has 0 aliphatic heterocycles. The Morgan fingerprint density at radius 3 is 1.89 bits per heavy atom. The third-order valence-corrected chi connectivity index (χ3v) is 5.05. The number of rotatable bonds is 7. The quantitative estimate of drug-likeness (QED) is 0.510. The number of hydrogen-bond donors (Lipinski definition) is 2. The van der Waals surface area contributed by atoms with Crippen molar-refractivity contribution >= 4 is 55.3 Å². The van der Waals surface area contributed by atoms with Gasteiger partial charge in [-0.2, -0.15) is 0 Å². The number of hydrazine groups is 1. The van der Waals surface area contributed by atoms with Gasteiger partial charge in [0.2, 0.25) is 0 Å². The maximum Gasteiger partial charge on any atom is 0.276 e. The summed E-state index contributed by atoms with van der Waals surface area (Å²) >= 11 is 12.6. The molecule has 150 valence electrons. The highest BCUT2D eigenvalue weighted by molar-refractivity contribution is 9.10. The molecule has 6 nitrogen and oxygen atoms in total. The van der Waals surface area contributed by atoms with Crippen molar-refractivity contribution in [3.05, 3.63) is 55.9 Å². The standard InChI is InChI=1S/C19H19Br2ClN2O4/c1-11(2)12-3-5-16(14(20)7-12)27-9-18(25)23-24-19(26)10-28-17-6-4-13(22)8-15(17)21/h3-8,11H,9-10H2,1-2H3,(H,23,25)(H,24,26). The molecule has 0 aliphatic carbocycles. The van der Waals surface area contributed by atoms with Gasteiger partial charge in [-0.3, -0.25) is 20.4 Å². The predicted octanol–water partition coefficient (Wildman–Crippen LogP) is 4.59. The second kappa shape index (κ2) is 10.7. The highest BCUT2D eigenvalue weighted by Crippen LogP contribution is 2.29. The number of benzene rings is 2. The van der Waals surface area contributed by atoms with E-state index in [1.54, 1.807) is 24.3 Å². The van der Waals surface area contributed by atoms with E-state index in [1.807, 2.05) is 12.1 Å². The van der Waals surface area contributed by atoms with Crippen LogP contribution in [0.3, 0.4) is 0 Å². The van der Waals surface area contributed by atoms with Crippen LogP contribution in [0.15, 0.2) is 45.3 Å². The second-order valence-electron chi connectivity index (χ2n) is 6.09. The number of halogens is 3. The molecular weight excluding hydrogens is 515 g/mol. The highest BCUT2D eigenvalue weighted by atomic mass is 79.9. The Morgan fingerprint density at radius 1 is 0.929 bits per heavy atom. The van der Waals surface area contributed by atoms with Gasteiger partial charge in [-0.15, -0.1) is 0 Å². The summed E-state index contributed by atoms with van der Waals surface area (Å²) in [4.78, 5) is 23.6. The minimum atomic E-state index is -0.516. The van der Waals surface area contributed by atoms with Gasteiger partial charge in [-0.25, -0.2) is 0 Å². The molecule has 2 amide bonds. The lowest BCUT2D eigenvalue weighted by Gasteiger charge is -2.12. The first kappa shape index (κ1) is 22.5. The summed E-state index contributed by atoms with van der Waals surface area (Å²) in [6.07, 6.45) is 0. The molecule has 0 aliphatic rings. The van der Waals surface area contributed by atoms with Gasteiger partial charge in [-0.05, 0) is 73.7 Å². The van der Waals surface area contributed by atoms with Crippen molar-refractivity contribution in [3.8, 4) is 11.5 Å². The summed E-state index contributed by atoms with van der Waals surface area (Å²) in [5, 5.41) is 0.543. The third kappa shape index (κ3) is 7.00. The molecule has 28 heavy (non-hydrogen) atoms. The van der Waals surface area contributed by atoms with Crippen molar-refractivity contribution in [1.29, 1.82) is 0 Å². The smallest absolute Gasteiger partial charge is 0.276 e. The fourth-order valence-corrected chi connectivity index (χ4v) is 3.39. The Kier molecular flexibility index (Phi) is 8.59. The van der Waals surface area contributed by atoms with Gasteiger partial charge in [0.05, 0.1) is 8.95 Å². The van der Waals surface area contributed by atoms with E-state index in [0.29, 0.717) is 26.9 Å². The monoisotopic (exact) mass is 532 g/mol. The summed E-state index contributed by atoms with van der Waals surface area (Å²) in [5.74, 6) is 0.379. The first-order valence-corrected chi connectivity index (χ1v) is 10.3. The molecule has 2 N–H and O–H groups in total. The van der Waals surface area contributed by atoms with Crippen molar-refractivity contribution in [2.45, 2.75) is 19.8 Å². The van der Waals surface area contributed by atoms with E-state index in [9.17, 15) is 9.59 Å². The predicted molar refractivity (Wildman–Crippen MR) is 115 cm³/mol. The minimum Gasteiger partial charge on any atom is -0.483 e. The molecule has 0 radical (unpaired) electrons. The van der Waals surface area contributed by atoms with Crippen molar-refractivity contribution in [2.24, 2.45) is 0 Å². The molecule has 2 aromatic carbocycles. The van der Waals surface area contributed by atoms with Gasteiger partial charge in [0.15, 0.2) is 13.2 Å². The van der Waals surface area contributed by atoms with E-state index < -0.39 is 11.8 Å². The molecule has 2 rings (SSSR count). The summed E-state index contributed by atoms with van der Waals surface area (Å²) < 4.78 is 12.2. The largest absolute Gasteiger partial charge is 0.483 e. The van der Waals surface area contributed by atoms with E-state index in [2.05, 4.69) is 56.6 Å². The topological polar surface area (TPSA) is 76.7 Å².